The molecule has 7 heteroatoms. The number of carbonyl (C=O) groups is 1. The van der Waals surface area contributed by atoms with Crippen molar-refractivity contribution in [2.45, 2.75) is 55.9 Å². The number of sulfonamides is 1. The summed E-state index contributed by atoms with van der Waals surface area (Å²) in [4.78, 5) is 13.0. The molecule has 4 bridgehead atoms. The highest BCUT2D eigenvalue weighted by Crippen LogP contribution is 2.53. The lowest BCUT2D eigenvalue weighted by Crippen LogP contribution is -2.55. The second kappa shape index (κ2) is 6.99. The van der Waals surface area contributed by atoms with Gasteiger partial charge in [0.1, 0.15) is 4.90 Å². The SMILES string of the molecule is O=C(NC1C2CC3CC(C2)CC1C3)c1ccc(Cl)c(S(=O)(=O)N2CCCC2)c1. The molecule has 1 amide bonds. The summed E-state index contributed by atoms with van der Waals surface area (Å²) in [6.45, 7) is 1.03. The number of nitrogens with zero attached hydrogens (tertiary/aromatic N) is 1. The number of hydrogen-bond acceptors (Lipinski definition) is 3. The highest BCUT2D eigenvalue weighted by molar-refractivity contribution is 7.89. The normalized spacial score (nSPS) is 34.7. The third-order valence-corrected chi connectivity index (χ3v) is 9.78. The van der Waals surface area contributed by atoms with Gasteiger partial charge in [0, 0.05) is 24.7 Å². The molecule has 4 saturated carbocycles. The van der Waals surface area contributed by atoms with E-state index in [0.29, 0.717) is 30.5 Å². The first-order chi connectivity index (χ1) is 13.4. The van der Waals surface area contributed by atoms with Gasteiger partial charge in [-0.3, -0.25) is 4.79 Å². The Bertz CT molecular complexity index is 867. The molecule has 4 aliphatic carbocycles. The van der Waals surface area contributed by atoms with Crippen molar-refractivity contribution in [1.29, 1.82) is 0 Å². The quantitative estimate of drug-likeness (QED) is 0.804. The summed E-state index contributed by atoms with van der Waals surface area (Å²) in [5.41, 5.74) is 0.385. The van der Waals surface area contributed by atoms with Gasteiger partial charge < -0.3 is 5.32 Å². The van der Waals surface area contributed by atoms with E-state index < -0.39 is 10.0 Å². The van der Waals surface area contributed by atoms with Crippen molar-refractivity contribution >= 4 is 27.5 Å². The van der Waals surface area contributed by atoms with Crippen LogP contribution in [0, 0.1) is 23.7 Å². The average molecular weight is 423 g/mol. The lowest BCUT2D eigenvalue weighted by molar-refractivity contribution is -0.0119. The summed E-state index contributed by atoms with van der Waals surface area (Å²) in [5.74, 6) is 2.69. The first kappa shape index (κ1) is 18.9. The van der Waals surface area contributed by atoms with E-state index in [2.05, 4.69) is 5.32 Å². The minimum absolute atomic E-state index is 0.0498. The summed E-state index contributed by atoms with van der Waals surface area (Å²) in [6, 6.07) is 4.86. The smallest absolute Gasteiger partial charge is 0.251 e. The summed E-state index contributed by atoms with van der Waals surface area (Å²) in [6.07, 6.45) is 8.02. The third kappa shape index (κ3) is 3.17. The molecule has 5 fully saturated rings. The summed E-state index contributed by atoms with van der Waals surface area (Å²) < 4.78 is 27.3. The van der Waals surface area contributed by atoms with Crippen LogP contribution >= 0.6 is 11.6 Å². The molecule has 1 aromatic rings. The van der Waals surface area contributed by atoms with Crippen LogP contribution in [0.5, 0.6) is 0 Å². The Labute approximate surface area is 171 Å². The van der Waals surface area contributed by atoms with Crippen molar-refractivity contribution in [3.8, 4) is 0 Å². The molecule has 1 N–H and O–H groups in total. The van der Waals surface area contributed by atoms with Crippen LogP contribution in [0.2, 0.25) is 5.02 Å². The Kier molecular flexibility index (Phi) is 4.72. The summed E-state index contributed by atoms with van der Waals surface area (Å²) in [5, 5.41) is 3.43. The average Bonchev–Trinajstić information content (AvgIpc) is 3.20. The van der Waals surface area contributed by atoms with Gasteiger partial charge in [-0.25, -0.2) is 8.42 Å². The molecule has 1 aliphatic heterocycles. The van der Waals surface area contributed by atoms with Gasteiger partial charge in [-0.05, 0) is 86.8 Å². The van der Waals surface area contributed by atoms with E-state index in [1.165, 1.54) is 48.5 Å². The highest BCUT2D eigenvalue weighted by Gasteiger charge is 2.48. The van der Waals surface area contributed by atoms with Gasteiger partial charge in [0.05, 0.1) is 5.02 Å². The number of halogens is 1. The molecular weight excluding hydrogens is 396 g/mol. The maximum Gasteiger partial charge on any atom is 0.251 e. The summed E-state index contributed by atoms with van der Waals surface area (Å²) >= 11 is 6.22. The van der Waals surface area contributed by atoms with E-state index in [0.717, 1.165) is 24.7 Å². The fraction of sp³-hybridized carbons (Fsp3) is 0.667. The summed E-state index contributed by atoms with van der Waals surface area (Å²) in [7, 11) is -3.65. The highest BCUT2D eigenvalue weighted by atomic mass is 35.5. The van der Waals surface area contributed by atoms with Gasteiger partial charge in [0.25, 0.3) is 5.91 Å². The zero-order chi connectivity index (χ0) is 19.5. The topological polar surface area (TPSA) is 66.5 Å². The Morgan fingerprint density at radius 3 is 2.21 bits per heavy atom. The second-order valence-corrected chi connectivity index (χ2v) is 11.5. The van der Waals surface area contributed by atoms with E-state index >= 15 is 0 Å². The number of amides is 1. The van der Waals surface area contributed by atoms with Crippen LogP contribution in [0.3, 0.4) is 0 Å². The van der Waals surface area contributed by atoms with E-state index in [9.17, 15) is 13.2 Å². The molecule has 1 aromatic carbocycles. The van der Waals surface area contributed by atoms with Crippen molar-refractivity contribution in [1.82, 2.24) is 9.62 Å². The number of nitrogens with one attached hydrogen (secondary N) is 1. The molecule has 1 saturated heterocycles. The predicted molar refractivity (Wildman–Crippen MR) is 108 cm³/mol. The van der Waals surface area contributed by atoms with Crippen molar-refractivity contribution in [3.05, 3.63) is 28.8 Å². The molecular formula is C21H27ClN2O3S. The zero-order valence-electron chi connectivity index (χ0n) is 15.9. The number of carbonyl (C=O) groups excluding carboxylic acids is 1. The van der Waals surface area contributed by atoms with Crippen molar-refractivity contribution < 1.29 is 13.2 Å². The van der Waals surface area contributed by atoms with E-state index in [4.69, 9.17) is 11.6 Å². The maximum absolute atomic E-state index is 13.0. The van der Waals surface area contributed by atoms with Crippen molar-refractivity contribution in [2.75, 3.05) is 13.1 Å². The molecule has 0 atom stereocenters. The fourth-order valence-corrected chi connectivity index (χ4v) is 8.32. The third-order valence-electron chi connectivity index (χ3n) is 7.40. The van der Waals surface area contributed by atoms with Crippen LogP contribution in [0.1, 0.15) is 55.3 Å². The molecule has 0 unspecified atom stereocenters. The van der Waals surface area contributed by atoms with Gasteiger partial charge in [-0.1, -0.05) is 11.6 Å². The van der Waals surface area contributed by atoms with Gasteiger partial charge in [0.15, 0.2) is 0 Å². The maximum atomic E-state index is 13.0. The molecule has 0 radical (unpaired) electrons. The predicted octanol–water partition coefficient (Wildman–Crippen LogP) is 3.68. The minimum atomic E-state index is -3.65. The Hall–Kier alpha value is -1.11. The first-order valence-corrected chi connectivity index (χ1v) is 12.3. The Balaban J connectivity index is 1.37. The zero-order valence-corrected chi connectivity index (χ0v) is 17.5. The van der Waals surface area contributed by atoms with Crippen LogP contribution in [-0.4, -0.2) is 37.8 Å². The molecule has 5 nitrogen and oxygen atoms in total. The van der Waals surface area contributed by atoms with Crippen LogP contribution in [-0.2, 0) is 10.0 Å². The number of benzene rings is 1. The monoisotopic (exact) mass is 422 g/mol. The molecule has 5 aliphatic rings. The Morgan fingerprint density at radius 2 is 1.61 bits per heavy atom. The molecule has 28 heavy (non-hydrogen) atoms. The second-order valence-electron chi connectivity index (χ2n) is 9.19. The van der Waals surface area contributed by atoms with Crippen molar-refractivity contribution in [3.63, 3.8) is 0 Å². The Morgan fingerprint density at radius 1 is 1.00 bits per heavy atom. The molecule has 152 valence electrons. The number of hydrogen-bond donors (Lipinski definition) is 1. The molecule has 0 aromatic heterocycles. The van der Waals surface area contributed by atoms with E-state index in [-0.39, 0.29) is 21.9 Å². The van der Waals surface area contributed by atoms with E-state index in [1.54, 1.807) is 6.07 Å². The van der Waals surface area contributed by atoms with Gasteiger partial charge in [0.2, 0.25) is 10.0 Å². The molecule has 1 heterocycles. The standard InChI is InChI=1S/C21H27ClN2O3S/c22-18-4-3-15(12-19(18)28(26,27)24-5-1-2-6-24)21(25)23-20-16-8-13-7-14(10-16)11-17(20)9-13/h3-4,12-14,16-17,20H,1-2,5-11H2,(H,23,25). The largest absolute Gasteiger partial charge is 0.349 e. The van der Waals surface area contributed by atoms with Crippen LogP contribution in [0.4, 0.5) is 0 Å². The fourth-order valence-electron chi connectivity index (χ4n) is 6.31. The number of rotatable bonds is 4. The van der Waals surface area contributed by atoms with Gasteiger partial charge in [-0.15, -0.1) is 0 Å². The first-order valence-electron chi connectivity index (χ1n) is 10.5. The molecule has 0 spiro atoms. The van der Waals surface area contributed by atoms with Crippen molar-refractivity contribution in [2.24, 2.45) is 23.7 Å². The van der Waals surface area contributed by atoms with E-state index in [1.807, 2.05) is 0 Å². The van der Waals surface area contributed by atoms with Crippen LogP contribution in [0.25, 0.3) is 0 Å². The van der Waals surface area contributed by atoms with Crippen LogP contribution < -0.4 is 5.32 Å². The van der Waals surface area contributed by atoms with Gasteiger partial charge >= 0.3 is 0 Å². The molecule has 6 rings (SSSR count). The lowest BCUT2D eigenvalue weighted by atomic mass is 9.54. The van der Waals surface area contributed by atoms with Gasteiger partial charge in [-0.2, -0.15) is 4.31 Å². The minimum Gasteiger partial charge on any atom is -0.349 e. The lowest BCUT2D eigenvalue weighted by Gasteiger charge is -2.54. The van der Waals surface area contributed by atoms with Crippen LogP contribution in [0.15, 0.2) is 23.1 Å².